The Bertz CT molecular complexity index is 602. The predicted molar refractivity (Wildman–Crippen MR) is 87.0 cm³/mol. The van der Waals surface area contributed by atoms with Crippen molar-refractivity contribution in [1.29, 1.82) is 0 Å². The summed E-state index contributed by atoms with van der Waals surface area (Å²) in [4.78, 5) is 12.0. The first-order valence-corrected chi connectivity index (χ1v) is 7.62. The summed E-state index contributed by atoms with van der Waals surface area (Å²) in [5.74, 6) is 0.440. The van der Waals surface area contributed by atoms with E-state index in [2.05, 4.69) is 37.2 Å². The number of hydrogen-bond acceptors (Lipinski definition) is 2. The number of halogens is 2. The van der Waals surface area contributed by atoms with Crippen LogP contribution < -0.4 is 10.1 Å². The van der Waals surface area contributed by atoms with Crippen LogP contribution in [0.15, 0.2) is 57.5 Å². The number of carbonyl (C=O) groups excluding carboxylic acids is 1. The summed E-state index contributed by atoms with van der Waals surface area (Å²) in [6.07, 6.45) is -0.590. The van der Waals surface area contributed by atoms with Crippen molar-refractivity contribution in [3.05, 3.63) is 57.5 Å². The molecule has 5 heteroatoms. The van der Waals surface area contributed by atoms with Gasteiger partial charge in [-0.05, 0) is 53.2 Å². The number of nitrogens with one attached hydrogen (secondary N) is 1. The smallest absolute Gasteiger partial charge is 0.265 e. The maximum absolute atomic E-state index is 12.0. The molecule has 3 nitrogen and oxygen atoms in total. The van der Waals surface area contributed by atoms with Crippen LogP contribution in [-0.4, -0.2) is 12.0 Å². The van der Waals surface area contributed by atoms with E-state index < -0.39 is 6.10 Å². The zero-order chi connectivity index (χ0) is 14.5. The van der Waals surface area contributed by atoms with E-state index in [9.17, 15) is 4.79 Å². The molecule has 1 atom stereocenters. The van der Waals surface area contributed by atoms with E-state index in [1.54, 1.807) is 13.0 Å². The van der Waals surface area contributed by atoms with Crippen molar-refractivity contribution < 1.29 is 9.53 Å². The average Bonchev–Trinajstić information content (AvgIpc) is 2.43. The largest absolute Gasteiger partial charge is 0.480 e. The number of rotatable bonds is 4. The summed E-state index contributed by atoms with van der Waals surface area (Å²) in [5, 5.41) is 2.80. The van der Waals surface area contributed by atoms with Crippen molar-refractivity contribution in [1.82, 2.24) is 0 Å². The van der Waals surface area contributed by atoms with Crippen LogP contribution in [0.5, 0.6) is 5.75 Å². The minimum Gasteiger partial charge on any atom is -0.480 e. The van der Waals surface area contributed by atoms with Gasteiger partial charge in [-0.2, -0.15) is 0 Å². The standard InChI is InChI=1S/C15H13Br2NO2/c1-10(15(19)18-12-5-3-2-4-6-12)20-14-8-7-11(16)9-13(14)17/h2-10H,1H3,(H,18,19). The number of ether oxygens (including phenoxy) is 1. The molecule has 0 aliphatic heterocycles. The molecule has 0 saturated carbocycles. The summed E-state index contributed by atoms with van der Waals surface area (Å²) in [6.45, 7) is 1.72. The van der Waals surface area contributed by atoms with E-state index in [4.69, 9.17) is 4.74 Å². The summed E-state index contributed by atoms with van der Waals surface area (Å²) >= 11 is 6.78. The number of amides is 1. The van der Waals surface area contributed by atoms with Crippen LogP contribution in [0.3, 0.4) is 0 Å². The summed E-state index contributed by atoms with van der Waals surface area (Å²) in [5.41, 5.74) is 0.753. The van der Waals surface area contributed by atoms with E-state index in [1.165, 1.54) is 0 Å². The highest BCUT2D eigenvalue weighted by atomic mass is 79.9. The van der Waals surface area contributed by atoms with Crippen LogP contribution in [0, 0.1) is 0 Å². The van der Waals surface area contributed by atoms with Gasteiger partial charge in [0.15, 0.2) is 6.10 Å². The molecule has 0 aliphatic rings. The topological polar surface area (TPSA) is 38.3 Å². The van der Waals surface area contributed by atoms with Gasteiger partial charge in [-0.1, -0.05) is 34.1 Å². The Morgan fingerprint density at radius 1 is 1.15 bits per heavy atom. The molecule has 0 aliphatic carbocycles. The fraction of sp³-hybridized carbons (Fsp3) is 0.133. The van der Waals surface area contributed by atoms with Gasteiger partial charge in [0.2, 0.25) is 0 Å². The lowest BCUT2D eigenvalue weighted by Gasteiger charge is -2.15. The summed E-state index contributed by atoms with van der Waals surface area (Å²) in [7, 11) is 0. The van der Waals surface area contributed by atoms with Crippen molar-refractivity contribution >= 4 is 43.5 Å². The van der Waals surface area contributed by atoms with Crippen LogP contribution in [-0.2, 0) is 4.79 Å². The highest BCUT2D eigenvalue weighted by molar-refractivity contribution is 9.11. The van der Waals surface area contributed by atoms with Crippen LogP contribution in [0.25, 0.3) is 0 Å². The van der Waals surface area contributed by atoms with Gasteiger partial charge < -0.3 is 10.1 Å². The molecule has 104 valence electrons. The third-order valence-corrected chi connectivity index (χ3v) is 3.72. The number of benzene rings is 2. The monoisotopic (exact) mass is 397 g/mol. The lowest BCUT2D eigenvalue weighted by Crippen LogP contribution is -2.30. The van der Waals surface area contributed by atoms with E-state index in [1.807, 2.05) is 42.5 Å². The quantitative estimate of drug-likeness (QED) is 0.815. The molecule has 2 rings (SSSR count). The molecule has 2 aromatic rings. The molecular formula is C15H13Br2NO2. The SMILES string of the molecule is CC(Oc1ccc(Br)cc1Br)C(=O)Nc1ccccc1. The van der Waals surface area contributed by atoms with Crippen molar-refractivity contribution in [2.45, 2.75) is 13.0 Å². The highest BCUT2D eigenvalue weighted by Gasteiger charge is 2.16. The van der Waals surface area contributed by atoms with Gasteiger partial charge in [0, 0.05) is 10.2 Å². The molecule has 0 saturated heterocycles. The molecule has 0 spiro atoms. The lowest BCUT2D eigenvalue weighted by atomic mass is 10.3. The van der Waals surface area contributed by atoms with Gasteiger partial charge >= 0.3 is 0 Å². The molecule has 2 aromatic carbocycles. The fourth-order valence-electron chi connectivity index (χ4n) is 1.58. The van der Waals surface area contributed by atoms with Gasteiger partial charge in [0.25, 0.3) is 5.91 Å². The molecule has 0 bridgehead atoms. The molecule has 1 amide bonds. The molecule has 1 N–H and O–H groups in total. The van der Waals surface area contributed by atoms with Crippen molar-refractivity contribution in [2.75, 3.05) is 5.32 Å². The molecule has 0 fully saturated rings. The molecule has 1 unspecified atom stereocenters. The van der Waals surface area contributed by atoms with Gasteiger partial charge in [-0.15, -0.1) is 0 Å². The zero-order valence-electron chi connectivity index (χ0n) is 10.8. The van der Waals surface area contributed by atoms with E-state index in [0.29, 0.717) is 5.75 Å². The molecule has 0 heterocycles. The van der Waals surface area contributed by atoms with Gasteiger partial charge in [-0.25, -0.2) is 0 Å². The number of anilines is 1. The Balaban J connectivity index is 2.00. The minimum absolute atomic E-state index is 0.189. The van der Waals surface area contributed by atoms with Crippen LogP contribution >= 0.6 is 31.9 Å². The first kappa shape index (κ1) is 15.1. The maximum atomic E-state index is 12.0. The Hall–Kier alpha value is -1.33. The van der Waals surface area contributed by atoms with Crippen molar-refractivity contribution in [3.8, 4) is 5.75 Å². The van der Waals surface area contributed by atoms with Gasteiger partial charge in [-0.3, -0.25) is 4.79 Å². The van der Waals surface area contributed by atoms with Gasteiger partial charge in [0.1, 0.15) is 5.75 Å². The van der Waals surface area contributed by atoms with E-state index >= 15 is 0 Å². The summed E-state index contributed by atoms with van der Waals surface area (Å²) < 4.78 is 7.39. The van der Waals surface area contributed by atoms with Crippen LogP contribution in [0.4, 0.5) is 5.69 Å². The number of para-hydroxylation sites is 1. The molecule has 0 aromatic heterocycles. The predicted octanol–water partition coefficient (Wildman–Crippen LogP) is 4.62. The fourth-order valence-corrected chi connectivity index (χ4v) is 2.72. The van der Waals surface area contributed by atoms with E-state index in [0.717, 1.165) is 14.6 Å². The normalized spacial score (nSPS) is 11.8. The molecule has 0 radical (unpaired) electrons. The Kier molecular flexibility index (Phi) is 5.20. The average molecular weight is 399 g/mol. The third-order valence-electron chi connectivity index (χ3n) is 2.61. The second-order valence-electron chi connectivity index (χ2n) is 4.19. The van der Waals surface area contributed by atoms with Crippen molar-refractivity contribution in [3.63, 3.8) is 0 Å². The van der Waals surface area contributed by atoms with Gasteiger partial charge in [0.05, 0.1) is 4.47 Å². The molecular weight excluding hydrogens is 386 g/mol. The van der Waals surface area contributed by atoms with Crippen LogP contribution in [0.2, 0.25) is 0 Å². The number of hydrogen-bond donors (Lipinski definition) is 1. The first-order chi connectivity index (χ1) is 9.56. The zero-order valence-corrected chi connectivity index (χ0v) is 13.9. The summed E-state index contributed by atoms with van der Waals surface area (Å²) in [6, 6.07) is 14.8. The van der Waals surface area contributed by atoms with E-state index in [-0.39, 0.29) is 5.91 Å². The highest BCUT2D eigenvalue weighted by Crippen LogP contribution is 2.29. The third kappa shape index (κ3) is 4.08. The second kappa shape index (κ2) is 6.90. The lowest BCUT2D eigenvalue weighted by molar-refractivity contribution is -0.122. The Labute approximate surface area is 134 Å². The minimum atomic E-state index is -0.590. The maximum Gasteiger partial charge on any atom is 0.265 e. The first-order valence-electron chi connectivity index (χ1n) is 6.04. The Morgan fingerprint density at radius 3 is 2.50 bits per heavy atom. The Morgan fingerprint density at radius 2 is 1.85 bits per heavy atom. The number of carbonyl (C=O) groups is 1. The van der Waals surface area contributed by atoms with Crippen LogP contribution in [0.1, 0.15) is 6.92 Å². The van der Waals surface area contributed by atoms with Crippen molar-refractivity contribution in [2.24, 2.45) is 0 Å². The second-order valence-corrected chi connectivity index (χ2v) is 5.96. The molecule has 20 heavy (non-hydrogen) atoms.